The summed E-state index contributed by atoms with van der Waals surface area (Å²) in [5, 5.41) is 13.2. The van der Waals surface area contributed by atoms with Crippen molar-refractivity contribution in [2.45, 2.75) is 13.5 Å². The third-order valence-electron chi connectivity index (χ3n) is 4.65. The van der Waals surface area contributed by atoms with Crippen molar-refractivity contribution in [3.63, 3.8) is 0 Å². The number of amides is 3. The van der Waals surface area contributed by atoms with Crippen LogP contribution in [0.3, 0.4) is 0 Å². The first-order valence-corrected chi connectivity index (χ1v) is 10.8. The number of hydrogen-bond acceptors (Lipinski definition) is 8. The number of nitrogens with one attached hydrogen (secondary N) is 1. The smallest absolute Gasteiger partial charge is 0.329 e. The molecule has 0 aliphatic carbocycles. The second kappa shape index (κ2) is 10.8. The Morgan fingerprint density at radius 2 is 1.91 bits per heavy atom. The lowest BCUT2D eigenvalue weighted by Gasteiger charge is -2.15. The molecule has 0 aromatic heterocycles. The normalized spacial score (nSPS) is 14.2. The molecule has 3 amide bonds. The second-order valence-electron chi connectivity index (χ2n) is 6.93. The Hall–Kier alpha value is -3.93. The number of halogens is 1. The summed E-state index contributed by atoms with van der Waals surface area (Å²) in [6.45, 7) is 1.77. The van der Waals surface area contributed by atoms with E-state index in [1.165, 1.54) is 18.2 Å². The van der Waals surface area contributed by atoms with E-state index >= 15 is 0 Å². The molecular weight excluding hydrogens is 514 g/mol. The van der Waals surface area contributed by atoms with Crippen molar-refractivity contribution in [2.24, 2.45) is 0 Å². The summed E-state index contributed by atoms with van der Waals surface area (Å²) in [6, 6.07) is 8.55. The highest BCUT2D eigenvalue weighted by Gasteiger charge is 2.35. The van der Waals surface area contributed by atoms with Crippen LogP contribution >= 0.6 is 15.9 Å². The number of nitro benzene ring substituents is 1. The van der Waals surface area contributed by atoms with E-state index in [0.717, 1.165) is 17.6 Å². The molecule has 34 heavy (non-hydrogen) atoms. The first-order valence-electron chi connectivity index (χ1n) is 9.97. The maximum Gasteiger partial charge on any atom is 0.329 e. The lowest BCUT2D eigenvalue weighted by atomic mass is 10.1. The van der Waals surface area contributed by atoms with E-state index in [0.29, 0.717) is 28.1 Å². The number of nitrogens with zero attached hydrogens (tertiary/aromatic N) is 2. The van der Waals surface area contributed by atoms with Crippen LogP contribution in [-0.4, -0.2) is 48.0 Å². The highest BCUT2D eigenvalue weighted by molar-refractivity contribution is 9.10. The molecule has 2 aromatic carbocycles. The minimum atomic E-state index is -0.728. The van der Waals surface area contributed by atoms with Gasteiger partial charge < -0.3 is 19.5 Å². The molecule has 1 fully saturated rings. The predicted molar refractivity (Wildman–Crippen MR) is 123 cm³/mol. The number of carbonyl (C=O) groups excluding carboxylic acids is 3. The molecule has 1 N–H and O–H groups in total. The fourth-order valence-electron chi connectivity index (χ4n) is 3.02. The maximum atomic E-state index is 12.5. The Balaban J connectivity index is 1.82. The molecule has 0 radical (unpaired) electrons. The minimum absolute atomic E-state index is 0.0113. The van der Waals surface area contributed by atoms with E-state index in [2.05, 4.69) is 26.0 Å². The monoisotopic (exact) mass is 533 g/mol. The summed E-state index contributed by atoms with van der Waals surface area (Å²) in [7, 11) is 1.16. The molecule has 1 aliphatic heterocycles. The Morgan fingerprint density at radius 3 is 2.53 bits per heavy atom. The van der Waals surface area contributed by atoms with Crippen LogP contribution in [0, 0.1) is 10.1 Å². The minimum Gasteiger partial charge on any atom is -0.490 e. The number of nitro groups is 1. The third-order valence-corrected chi connectivity index (χ3v) is 5.24. The number of esters is 1. The SMILES string of the molecule is CCOc1cc(/C=C2/NC(=O)N(CC(=O)OC)C2=O)cc(Br)c1OCc1ccc([N+](=O)[O-])cc1. The number of urea groups is 1. The molecule has 1 saturated heterocycles. The van der Waals surface area contributed by atoms with E-state index in [9.17, 15) is 24.5 Å². The van der Waals surface area contributed by atoms with Gasteiger partial charge in [0.05, 0.1) is 23.1 Å². The Labute approximate surface area is 202 Å². The second-order valence-corrected chi connectivity index (χ2v) is 7.79. The highest BCUT2D eigenvalue weighted by atomic mass is 79.9. The molecule has 0 bridgehead atoms. The number of ether oxygens (including phenoxy) is 3. The van der Waals surface area contributed by atoms with Gasteiger partial charge in [-0.3, -0.25) is 19.7 Å². The van der Waals surface area contributed by atoms with Gasteiger partial charge in [-0.1, -0.05) is 0 Å². The Kier molecular flexibility index (Phi) is 7.84. The summed E-state index contributed by atoms with van der Waals surface area (Å²) in [6.07, 6.45) is 1.45. The van der Waals surface area contributed by atoms with Crippen LogP contribution in [0.2, 0.25) is 0 Å². The van der Waals surface area contributed by atoms with Crippen LogP contribution in [0.25, 0.3) is 6.08 Å². The topological polar surface area (TPSA) is 137 Å². The van der Waals surface area contributed by atoms with Crippen LogP contribution in [0.15, 0.2) is 46.6 Å². The van der Waals surface area contributed by atoms with Gasteiger partial charge in [0.2, 0.25) is 0 Å². The summed E-state index contributed by atoms with van der Waals surface area (Å²) in [4.78, 5) is 47.1. The van der Waals surface area contributed by atoms with Gasteiger partial charge >= 0.3 is 12.0 Å². The first-order chi connectivity index (χ1) is 16.2. The molecule has 3 rings (SSSR count). The average molecular weight is 534 g/mol. The van der Waals surface area contributed by atoms with Crippen LogP contribution < -0.4 is 14.8 Å². The molecule has 1 heterocycles. The summed E-state index contributed by atoms with van der Waals surface area (Å²) >= 11 is 3.44. The van der Waals surface area contributed by atoms with Gasteiger partial charge in [0.25, 0.3) is 11.6 Å². The largest absolute Gasteiger partial charge is 0.490 e. The lowest BCUT2D eigenvalue weighted by Crippen LogP contribution is -2.36. The van der Waals surface area contributed by atoms with E-state index < -0.39 is 29.4 Å². The molecule has 178 valence electrons. The predicted octanol–water partition coefficient (Wildman–Crippen LogP) is 3.40. The highest BCUT2D eigenvalue weighted by Crippen LogP contribution is 2.38. The van der Waals surface area contributed by atoms with Crippen molar-refractivity contribution in [3.05, 3.63) is 67.8 Å². The van der Waals surface area contributed by atoms with Gasteiger partial charge in [-0.05, 0) is 64.3 Å². The van der Waals surface area contributed by atoms with Crippen LogP contribution in [0.4, 0.5) is 10.5 Å². The molecule has 0 saturated carbocycles. The number of hydrogen-bond donors (Lipinski definition) is 1. The molecular formula is C22H20BrN3O8. The summed E-state index contributed by atoms with van der Waals surface area (Å²) in [5.74, 6) is -0.603. The van der Waals surface area contributed by atoms with Gasteiger partial charge in [0, 0.05) is 12.1 Å². The number of methoxy groups -OCH3 is 1. The Bertz CT molecular complexity index is 1160. The van der Waals surface area contributed by atoms with Crippen molar-refractivity contribution >= 4 is 45.6 Å². The Morgan fingerprint density at radius 1 is 1.21 bits per heavy atom. The van der Waals surface area contributed by atoms with E-state index in [-0.39, 0.29) is 18.0 Å². The molecule has 0 unspecified atom stereocenters. The molecule has 2 aromatic rings. The molecule has 0 atom stereocenters. The van der Waals surface area contributed by atoms with Gasteiger partial charge in [-0.15, -0.1) is 0 Å². The fourth-order valence-corrected chi connectivity index (χ4v) is 3.59. The van der Waals surface area contributed by atoms with E-state index in [4.69, 9.17) is 9.47 Å². The molecule has 0 spiro atoms. The lowest BCUT2D eigenvalue weighted by molar-refractivity contribution is -0.384. The van der Waals surface area contributed by atoms with Crippen molar-refractivity contribution < 1.29 is 33.5 Å². The van der Waals surface area contributed by atoms with Crippen LogP contribution in [0.5, 0.6) is 11.5 Å². The number of carbonyl (C=O) groups is 3. The first kappa shape index (κ1) is 24.7. The third kappa shape index (κ3) is 5.70. The number of benzene rings is 2. The van der Waals surface area contributed by atoms with Crippen LogP contribution in [-0.2, 0) is 20.9 Å². The zero-order chi connectivity index (χ0) is 24.8. The number of imide groups is 1. The maximum absolute atomic E-state index is 12.5. The van der Waals surface area contributed by atoms with Crippen molar-refractivity contribution in [3.8, 4) is 11.5 Å². The quantitative estimate of drug-likeness (QED) is 0.170. The molecule has 11 nitrogen and oxygen atoms in total. The average Bonchev–Trinajstić information content (AvgIpc) is 3.06. The van der Waals surface area contributed by atoms with Crippen molar-refractivity contribution in [2.75, 3.05) is 20.3 Å². The number of non-ortho nitro benzene ring substituents is 1. The van der Waals surface area contributed by atoms with Gasteiger partial charge in [0.1, 0.15) is 18.8 Å². The van der Waals surface area contributed by atoms with Gasteiger partial charge in [-0.25, -0.2) is 9.69 Å². The van der Waals surface area contributed by atoms with Crippen molar-refractivity contribution in [1.82, 2.24) is 10.2 Å². The molecule has 12 heteroatoms. The molecule has 1 aliphatic rings. The fraction of sp³-hybridized carbons (Fsp3) is 0.227. The zero-order valence-electron chi connectivity index (χ0n) is 18.2. The zero-order valence-corrected chi connectivity index (χ0v) is 19.8. The van der Waals surface area contributed by atoms with Gasteiger partial charge in [0.15, 0.2) is 11.5 Å². The standard InChI is InChI=1S/C22H20BrN3O8/c1-3-33-18-10-14(9-17-21(28)25(22(29)24-17)11-19(27)32-2)8-16(23)20(18)34-12-13-4-6-15(7-5-13)26(30)31/h4-10H,3,11-12H2,1-2H3,(H,24,29)/b17-9+. The van der Waals surface area contributed by atoms with E-state index in [1.54, 1.807) is 31.2 Å². The van der Waals surface area contributed by atoms with Crippen LogP contribution in [0.1, 0.15) is 18.1 Å². The van der Waals surface area contributed by atoms with Gasteiger partial charge in [-0.2, -0.15) is 0 Å². The summed E-state index contributed by atoms with van der Waals surface area (Å²) in [5.41, 5.74) is 1.22. The van der Waals surface area contributed by atoms with E-state index in [1.807, 2.05) is 0 Å². The number of rotatable bonds is 9. The van der Waals surface area contributed by atoms with Crippen molar-refractivity contribution in [1.29, 1.82) is 0 Å². The summed E-state index contributed by atoms with van der Waals surface area (Å²) < 4.78 is 16.6.